The zero-order valence-corrected chi connectivity index (χ0v) is 7.06. The molecule has 0 saturated heterocycles. The van der Waals surface area contributed by atoms with Crippen molar-refractivity contribution in [2.24, 2.45) is 0 Å². The molecule has 0 saturated carbocycles. The second-order valence-electron chi connectivity index (χ2n) is 2.63. The van der Waals surface area contributed by atoms with Crippen molar-refractivity contribution in [2.45, 2.75) is 6.92 Å². The Morgan fingerprint density at radius 2 is 2.23 bits per heavy atom. The summed E-state index contributed by atoms with van der Waals surface area (Å²) in [5.41, 5.74) is 7.72. The van der Waals surface area contributed by atoms with Crippen LogP contribution in [0, 0.1) is 6.92 Å². The van der Waals surface area contributed by atoms with E-state index < -0.39 is 0 Å². The molecule has 2 aromatic rings. The number of anilines is 1. The van der Waals surface area contributed by atoms with Crippen LogP contribution in [0.25, 0.3) is 11.3 Å². The second kappa shape index (κ2) is 2.85. The summed E-state index contributed by atoms with van der Waals surface area (Å²) in [7, 11) is 0. The van der Waals surface area contributed by atoms with Crippen LogP contribution in [0.2, 0.25) is 0 Å². The first kappa shape index (κ1) is 7.72. The molecule has 5 heteroatoms. The summed E-state index contributed by atoms with van der Waals surface area (Å²) in [5.74, 6) is 0.526. The fraction of sp³-hybridized carbons (Fsp3) is 0.125. The van der Waals surface area contributed by atoms with Crippen molar-refractivity contribution >= 4 is 5.69 Å². The van der Waals surface area contributed by atoms with E-state index in [1.165, 1.54) is 12.5 Å². The van der Waals surface area contributed by atoms with Gasteiger partial charge in [0.05, 0.1) is 17.5 Å². The van der Waals surface area contributed by atoms with Gasteiger partial charge in [-0.05, 0) is 6.92 Å². The zero-order valence-electron chi connectivity index (χ0n) is 7.06. The van der Waals surface area contributed by atoms with Gasteiger partial charge in [0.1, 0.15) is 12.0 Å². The number of aryl methyl sites for hydroxylation is 1. The number of aromatic nitrogens is 3. The molecule has 0 aromatic carbocycles. The maximum Gasteiger partial charge on any atom is 0.193 e. The maximum atomic E-state index is 5.63. The summed E-state index contributed by atoms with van der Waals surface area (Å²) >= 11 is 0. The first-order valence-electron chi connectivity index (χ1n) is 3.76. The lowest BCUT2D eigenvalue weighted by Gasteiger charge is -1.98. The van der Waals surface area contributed by atoms with Crippen LogP contribution < -0.4 is 5.73 Å². The van der Waals surface area contributed by atoms with Gasteiger partial charge in [0, 0.05) is 6.20 Å². The Hall–Kier alpha value is -1.91. The molecule has 0 aliphatic rings. The molecule has 5 nitrogen and oxygen atoms in total. The van der Waals surface area contributed by atoms with Crippen molar-refractivity contribution in [1.82, 2.24) is 15.1 Å². The van der Waals surface area contributed by atoms with Crippen LogP contribution in [0.4, 0.5) is 5.69 Å². The van der Waals surface area contributed by atoms with Crippen LogP contribution in [0.15, 0.2) is 23.2 Å². The van der Waals surface area contributed by atoms with Gasteiger partial charge in [0.25, 0.3) is 0 Å². The van der Waals surface area contributed by atoms with Crippen molar-refractivity contribution in [2.75, 3.05) is 5.73 Å². The number of nitrogens with zero attached hydrogens (tertiary/aromatic N) is 3. The van der Waals surface area contributed by atoms with Crippen molar-refractivity contribution in [1.29, 1.82) is 0 Å². The second-order valence-corrected chi connectivity index (χ2v) is 2.63. The molecule has 0 unspecified atom stereocenters. The van der Waals surface area contributed by atoms with Crippen molar-refractivity contribution in [3.8, 4) is 11.3 Å². The van der Waals surface area contributed by atoms with E-state index in [1.54, 1.807) is 6.20 Å². The lowest BCUT2D eigenvalue weighted by Crippen LogP contribution is -1.90. The topological polar surface area (TPSA) is 77.8 Å². The summed E-state index contributed by atoms with van der Waals surface area (Å²) in [6, 6.07) is 0. The molecular weight excluding hydrogens is 168 g/mol. The highest BCUT2D eigenvalue weighted by Gasteiger charge is 2.10. The van der Waals surface area contributed by atoms with E-state index in [0.29, 0.717) is 11.4 Å². The van der Waals surface area contributed by atoms with Gasteiger partial charge >= 0.3 is 0 Å². The maximum absolute atomic E-state index is 5.63. The Kier molecular flexibility index (Phi) is 1.70. The predicted molar refractivity (Wildman–Crippen MR) is 46.7 cm³/mol. The van der Waals surface area contributed by atoms with Crippen LogP contribution in [0.1, 0.15) is 5.69 Å². The minimum Gasteiger partial charge on any atom is -0.394 e. The lowest BCUT2D eigenvalue weighted by molar-refractivity contribution is 0.432. The molecule has 2 N–H and O–H groups in total. The monoisotopic (exact) mass is 176 g/mol. The highest BCUT2D eigenvalue weighted by Crippen LogP contribution is 2.25. The van der Waals surface area contributed by atoms with Gasteiger partial charge in [-0.15, -0.1) is 0 Å². The molecule has 0 bridgehead atoms. The first-order chi connectivity index (χ1) is 6.29. The molecule has 0 fully saturated rings. The van der Waals surface area contributed by atoms with Gasteiger partial charge < -0.3 is 10.3 Å². The van der Waals surface area contributed by atoms with Crippen molar-refractivity contribution in [3.05, 3.63) is 24.4 Å². The van der Waals surface area contributed by atoms with Crippen molar-refractivity contribution < 1.29 is 4.52 Å². The van der Waals surface area contributed by atoms with Gasteiger partial charge in [0.15, 0.2) is 5.76 Å². The molecular formula is C8H8N4O. The molecule has 66 valence electrons. The summed E-state index contributed by atoms with van der Waals surface area (Å²) in [5, 5.41) is 3.58. The molecule has 2 heterocycles. The molecule has 0 amide bonds. The van der Waals surface area contributed by atoms with Gasteiger partial charge in [-0.3, -0.25) is 0 Å². The minimum atomic E-state index is 0.498. The van der Waals surface area contributed by atoms with Gasteiger partial charge in [-0.2, -0.15) is 0 Å². The van der Waals surface area contributed by atoms with E-state index >= 15 is 0 Å². The third-order valence-corrected chi connectivity index (χ3v) is 1.75. The van der Waals surface area contributed by atoms with Crippen LogP contribution in [-0.4, -0.2) is 15.1 Å². The zero-order chi connectivity index (χ0) is 9.26. The fourth-order valence-corrected chi connectivity index (χ4v) is 1.07. The molecule has 0 spiro atoms. The van der Waals surface area contributed by atoms with Crippen LogP contribution in [0.3, 0.4) is 0 Å². The Labute approximate surface area is 74.6 Å². The Balaban J connectivity index is 2.59. The Bertz CT molecular complexity index is 424. The highest BCUT2D eigenvalue weighted by molar-refractivity contribution is 5.70. The van der Waals surface area contributed by atoms with Crippen molar-refractivity contribution in [3.63, 3.8) is 0 Å². The normalized spacial score (nSPS) is 10.2. The molecule has 13 heavy (non-hydrogen) atoms. The summed E-state index contributed by atoms with van der Waals surface area (Å²) in [4.78, 5) is 7.91. The van der Waals surface area contributed by atoms with Gasteiger partial charge in [0.2, 0.25) is 0 Å². The van der Waals surface area contributed by atoms with E-state index in [-0.39, 0.29) is 0 Å². The van der Waals surface area contributed by atoms with E-state index in [0.717, 1.165) is 11.3 Å². The summed E-state index contributed by atoms with van der Waals surface area (Å²) < 4.78 is 4.98. The average Bonchev–Trinajstić information content (AvgIpc) is 2.52. The lowest BCUT2D eigenvalue weighted by atomic mass is 10.2. The molecule has 2 aromatic heterocycles. The smallest absolute Gasteiger partial charge is 0.193 e. The molecule has 0 radical (unpaired) electrons. The van der Waals surface area contributed by atoms with E-state index in [4.69, 9.17) is 10.3 Å². The number of rotatable bonds is 1. The molecule has 2 rings (SSSR count). The van der Waals surface area contributed by atoms with Crippen LogP contribution in [-0.2, 0) is 0 Å². The van der Waals surface area contributed by atoms with Gasteiger partial charge in [-0.1, -0.05) is 5.16 Å². The SMILES string of the molecule is Cc1ncncc1-c1oncc1N. The minimum absolute atomic E-state index is 0.498. The number of hydrogen-bond donors (Lipinski definition) is 1. The third kappa shape index (κ3) is 1.24. The quantitative estimate of drug-likeness (QED) is 0.701. The third-order valence-electron chi connectivity index (χ3n) is 1.75. The summed E-state index contributed by atoms with van der Waals surface area (Å²) in [6.45, 7) is 1.86. The number of nitrogen functional groups attached to an aromatic ring is 1. The Morgan fingerprint density at radius 3 is 2.85 bits per heavy atom. The van der Waals surface area contributed by atoms with E-state index in [2.05, 4.69) is 15.1 Å². The number of nitrogens with two attached hydrogens (primary N) is 1. The average molecular weight is 176 g/mol. The largest absolute Gasteiger partial charge is 0.394 e. The highest BCUT2D eigenvalue weighted by atomic mass is 16.5. The molecule has 0 aliphatic carbocycles. The van der Waals surface area contributed by atoms with Crippen LogP contribution >= 0.6 is 0 Å². The van der Waals surface area contributed by atoms with E-state index in [9.17, 15) is 0 Å². The van der Waals surface area contributed by atoms with Crippen LogP contribution in [0.5, 0.6) is 0 Å². The Morgan fingerprint density at radius 1 is 1.38 bits per heavy atom. The fourth-order valence-electron chi connectivity index (χ4n) is 1.07. The van der Waals surface area contributed by atoms with E-state index in [1.807, 2.05) is 6.92 Å². The molecule has 0 aliphatic heterocycles. The standard InChI is InChI=1S/C8H8N4O/c1-5-6(2-10-4-11-5)8-7(9)3-12-13-8/h2-4H,9H2,1H3. The first-order valence-corrected chi connectivity index (χ1v) is 3.76. The van der Waals surface area contributed by atoms with Gasteiger partial charge in [-0.25, -0.2) is 9.97 Å². The number of hydrogen-bond acceptors (Lipinski definition) is 5. The predicted octanol–water partition coefficient (Wildman–Crippen LogP) is 1.02. The summed E-state index contributed by atoms with van der Waals surface area (Å²) in [6.07, 6.45) is 4.59. The molecule has 0 atom stereocenters.